The van der Waals surface area contributed by atoms with Crippen LogP contribution in [0.15, 0.2) is 24.3 Å². The Morgan fingerprint density at radius 2 is 2.31 bits per heavy atom. The number of thiocarbonyl (C=S) groups is 1. The van der Waals surface area contributed by atoms with E-state index in [4.69, 9.17) is 27.4 Å². The molecule has 1 fully saturated rings. The summed E-state index contributed by atoms with van der Waals surface area (Å²) in [4.78, 5) is 0.418. The van der Waals surface area contributed by atoms with E-state index in [1.54, 1.807) is 0 Å². The number of hydrogen-bond acceptors (Lipinski definition) is 3. The van der Waals surface area contributed by atoms with E-state index in [0.29, 0.717) is 18.2 Å². The van der Waals surface area contributed by atoms with Crippen LogP contribution in [0.3, 0.4) is 0 Å². The minimum atomic E-state index is 0.208. The third kappa shape index (κ3) is 2.78. The second-order valence-corrected chi connectivity index (χ2v) is 4.26. The molecule has 2 rings (SSSR count). The molecule has 3 nitrogen and oxygen atoms in total. The summed E-state index contributed by atoms with van der Waals surface area (Å²) in [5.41, 5.74) is 7.59. The zero-order valence-corrected chi connectivity index (χ0v) is 9.83. The average molecular weight is 237 g/mol. The van der Waals surface area contributed by atoms with Gasteiger partial charge in [0.1, 0.15) is 4.99 Å². The summed E-state index contributed by atoms with van der Waals surface area (Å²) in [5.74, 6) is 0. The van der Waals surface area contributed by atoms with Gasteiger partial charge in [0.05, 0.1) is 19.3 Å². The molecule has 1 aromatic rings. The van der Waals surface area contributed by atoms with Crippen molar-refractivity contribution in [3.63, 3.8) is 0 Å². The Morgan fingerprint density at radius 3 is 3.00 bits per heavy atom. The van der Waals surface area contributed by atoms with E-state index in [9.17, 15) is 0 Å². The number of benzene rings is 1. The van der Waals surface area contributed by atoms with E-state index in [1.165, 1.54) is 0 Å². The summed E-state index contributed by atoms with van der Waals surface area (Å²) in [6, 6.07) is 7.80. The van der Waals surface area contributed by atoms with Crippen molar-refractivity contribution in [1.82, 2.24) is 0 Å². The maximum Gasteiger partial charge on any atom is 0.104 e. The predicted octanol–water partition coefficient (Wildman–Crippen LogP) is 1.63. The van der Waals surface area contributed by atoms with E-state index >= 15 is 0 Å². The van der Waals surface area contributed by atoms with E-state index in [2.05, 4.69) is 0 Å². The minimum Gasteiger partial charge on any atom is -0.389 e. The average Bonchev–Trinajstić information content (AvgIpc) is 2.79. The highest BCUT2D eigenvalue weighted by Gasteiger charge is 2.16. The van der Waals surface area contributed by atoms with E-state index in [1.807, 2.05) is 24.3 Å². The highest BCUT2D eigenvalue weighted by molar-refractivity contribution is 7.80. The molecule has 4 heteroatoms. The van der Waals surface area contributed by atoms with Crippen molar-refractivity contribution < 1.29 is 9.47 Å². The van der Waals surface area contributed by atoms with Crippen LogP contribution in [0.5, 0.6) is 0 Å². The molecule has 1 unspecified atom stereocenters. The highest BCUT2D eigenvalue weighted by Crippen LogP contribution is 2.14. The van der Waals surface area contributed by atoms with Crippen molar-refractivity contribution >= 4 is 17.2 Å². The molecule has 1 aliphatic heterocycles. The minimum absolute atomic E-state index is 0.208. The Hall–Kier alpha value is -0.970. The van der Waals surface area contributed by atoms with Gasteiger partial charge in [0.25, 0.3) is 0 Å². The van der Waals surface area contributed by atoms with Crippen LogP contribution in [0, 0.1) is 0 Å². The van der Waals surface area contributed by atoms with Crippen LogP contribution in [0.4, 0.5) is 0 Å². The first-order valence-corrected chi connectivity index (χ1v) is 5.75. The van der Waals surface area contributed by atoms with Crippen LogP contribution in [0.25, 0.3) is 0 Å². The van der Waals surface area contributed by atoms with Crippen LogP contribution in [-0.4, -0.2) is 24.3 Å². The zero-order chi connectivity index (χ0) is 11.4. The molecule has 1 aromatic carbocycles. The van der Waals surface area contributed by atoms with Gasteiger partial charge in [-0.25, -0.2) is 0 Å². The fraction of sp³-hybridized carbons (Fsp3) is 0.417. The fourth-order valence-corrected chi connectivity index (χ4v) is 1.94. The zero-order valence-electron chi connectivity index (χ0n) is 9.02. The standard InChI is InChI=1S/C12H15NO2S/c13-12(16)11-4-2-1-3-9(11)7-15-10-5-6-14-8-10/h1-4,10H,5-8H2,(H2,13,16). The number of rotatable bonds is 4. The first-order valence-electron chi connectivity index (χ1n) is 5.34. The van der Waals surface area contributed by atoms with Gasteiger partial charge in [-0.3, -0.25) is 0 Å². The summed E-state index contributed by atoms with van der Waals surface area (Å²) >= 11 is 5.00. The Morgan fingerprint density at radius 1 is 1.50 bits per heavy atom. The van der Waals surface area contributed by atoms with Gasteiger partial charge >= 0.3 is 0 Å². The van der Waals surface area contributed by atoms with E-state index in [0.717, 1.165) is 24.2 Å². The van der Waals surface area contributed by atoms with Gasteiger partial charge in [-0.1, -0.05) is 36.5 Å². The molecule has 0 radical (unpaired) electrons. The third-order valence-corrected chi connectivity index (χ3v) is 2.87. The SMILES string of the molecule is NC(=S)c1ccccc1COC1CCOC1. The second kappa shape index (κ2) is 5.39. The quantitative estimate of drug-likeness (QED) is 0.808. The van der Waals surface area contributed by atoms with Crippen molar-refractivity contribution in [1.29, 1.82) is 0 Å². The normalized spacial score (nSPS) is 19.9. The Kier molecular flexibility index (Phi) is 3.88. The maximum absolute atomic E-state index is 5.74. The number of hydrogen-bond donors (Lipinski definition) is 1. The van der Waals surface area contributed by atoms with Crippen LogP contribution in [-0.2, 0) is 16.1 Å². The molecule has 1 saturated heterocycles. The van der Waals surface area contributed by atoms with Gasteiger partial charge in [-0.05, 0) is 12.0 Å². The van der Waals surface area contributed by atoms with Crippen molar-refractivity contribution in [3.8, 4) is 0 Å². The third-order valence-electron chi connectivity index (χ3n) is 2.65. The van der Waals surface area contributed by atoms with Crippen molar-refractivity contribution in [2.45, 2.75) is 19.1 Å². The first kappa shape index (κ1) is 11.5. The van der Waals surface area contributed by atoms with Crippen LogP contribution in [0.2, 0.25) is 0 Å². The molecule has 0 spiro atoms. The molecule has 86 valence electrons. The van der Waals surface area contributed by atoms with Gasteiger partial charge < -0.3 is 15.2 Å². The smallest absolute Gasteiger partial charge is 0.104 e. The van der Waals surface area contributed by atoms with Crippen LogP contribution >= 0.6 is 12.2 Å². The molecular weight excluding hydrogens is 222 g/mol. The van der Waals surface area contributed by atoms with E-state index in [-0.39, 0.29) is 6.10 Å². The summed E-state index contributed by atoms with van der Waals surface area (Å²) in [6.07, 6.45) is 1.18. The monoisotopic (exact) mass is 237 g/mol. The summed E-state index contributed by atoms with van der Waals surface area (Å²) in [7, 11) is 0. The van der Waals surface area contributed by atoms with Gasteiger partial charge in [0.2, 0.25) is 0 Å². The second-order valence-electron chi connectivity index (χ2n) is 3.82. The lowest BCUT2D eigenvalue weighted by Gasteiger charge is -2.12. The van der Waals surface area contributed by atoms with Crippen molar-refractivity contribution in [2.24, 2.45) is 5.73 Å². The maximum atomic E-state index is 5.74. The van der Waals surface area contributed by atoms with Crippen molar-refractivity contribution in [3.05, 3.63) is 35.4 Å². The van der Waals surface area contributed by atoms with E-state index < -0.39 is 0 Å². The first-order chi connectivity index (χ1) is 7.77. The van der Waals surface area contributed by atoms with Crippen LogP contribution in [0.1, 0.15) is 17.5 Å². The summed E-state index contributed by atoms with van der Waals surface area (Å²) in [6.45, 7) is 2.03. The number of ether oxygens (including phenoxy) is 2. The van der Waals surface area contributed by atoms with Gasteiger partial charge in [0, 0.05) is 12.2 Å². The molecule has 0 aliphatic carbocycles. The molecular formula is C12H15NO2S. The summed E-state index contributed by atoms with van der Waals surface area (Å²) < 4.78 is 11.0. The molecule has 0 bridgehead atoms. The van der Waals surface area contributed by atoms with Gasteiger partial charge in [-0.15, -0.1) is 0 Å². The number of nitrogens with two attached hydrogens (primary N) is 1. The van der Waals surface area contributed by atoms with Gasteiger partial charge in [-0.2, -0.15) is 0 Å². The van der Waals surface area contributed by atoms with Crippen molar-refractivity contribution in [2.75, 3.05) is 13.2 Å². The topological polar surface area (TPSA) is 44.5 Å². The summed E-state index contributed by atoms with van der Waals surface area (Å²) in [5, 5.41) is 0. The Bertz CT molecular complexity index is 375. The Balaban J connectivity index is 2.00. The molecule has 2 N–H and O–H groups in total. The predicted molar refractivity (Wildman–Crippen MR) is 66.3 cm³/mol. The largest absolute Gasteiger partial charge is 0.389 e. The highest BCUT2D eigenvalue weighted by atomic mass is 32.1. The lowest BCUT2D eigenvalue weighted by Crippen LogP contribution is -2.16. The Labute approximate surface area is 101 Å². The lowest BCUT2D eigenvalue weighted by atomic mass is 10.1. The van der Waals surface area contributed by atoms with Crippen LogP contribution < -0.4 is 5.73 Å². The molecule has 16 heavy (non-hydrogen) atoms. The molecule has 0 aromatic heterocycles. The molecule has 1 atom stereocenters. The molecule has 0 saturated carbocycles. The van der Waals surface area contributed by atoms with Gasteiger partial charge in [0.15, 0.2) is 0 Å². The fourth-order valence-electron chi connectivity index (χ4n) is 1.74. The lowest BCUT2D eigenvalue weighted by molar-refractivity contribution is 0.0317. The molecule has 1 heterocycles. The molecule has 0 amide bonds. The molecule has 1 aliphatic rings.